The Morgan fingerprint density at radius 2 is 2.17 bits per heavy atom. The highest BCUT2D eigenvalue weighted by Gasteiger charge is 2.13. The fourth-order valence-electron chi connectivity index (χ4n) is 1.52. The summed E-state index contributed by atoms with van der Waals surface area (Å²) in [5, 5.41) is 13.3. The first kappa shape index (κ1) is 12.2. The van der Waals surface area contributed by atoms with Crippen molar-refractivity contribution < 1.29 is 19.2 Å². The zero-order valence-corrected chi connectivity index (χ0v) is 10.1. The number of hydrogen-bond donors (Lipinski definition) is 1. The van der Waals surface area contributed by atoms with Gasteiger partial charge in [-0.15, -0.1) is 0 Å². The van der Waals surface area contributed by atoms with Crippen molar-refractivity contribution in [2.24, 2.45) is 0 Å². The molecule has 0 atom stereocenters. The summed E-state index contributed by atoms with van der Waals surface area (Å²) in [6.45, 7) is 3.60. The Balaban J connectivity index is 2.03. The minimum atomic E-state index is -0.590. The van der Waals surface area contributed by atoms with Crippen molar-refractivity contribution in [2.75, 3.05) is 0 Å². The molecule has 18 heavy (non-hydrogen) atoms. The van der Waals surface area contributed by atoms with Gasteiger partial charge < -0.3 is 14.4 Å². The third-order valence-electron chi connectivity index (χ3n) is 2.40. The van der Waals surface area contributed by atoms with Crippen LogP contribution < -0.4 is 0 Å². The molecule has 0 bridgehead atoms. The van der Waals surface area contributed by atoms with Gasteiger partial charge in [-0.3, -0.25) is 0 Å². The second kappa shape index (κ2) is 4.91. The Bertz CT molecular complexity index is 574. The number of aryl methyl sites for hydroxylation is 2. The van der Waals surface area contributed by atoms with Crippen molar-refractivity contribution in [3.8, 4) is 5.75 Å². The molecule has 0 radical (unpaired) electrons. The highest BCUT2D eigenvalue weighted by molar-refractivity contribution is 5.92. The molecule has 0 spiro atoms. The van der Waals surface area contributed by atoms with E-state index in [1.807, 2.05) is 6.92 Å². The number of nitrogens with zero attached hydrogens (tertiary/aromatic N) is 1. The van der Waals surface area contributed by atoms with Crippen LogP contribution in [0.2, 0.25) is 0 Å². The van der Waals surface area contributed by atoms with E-state index >= 15 is 0 Å². The average Bonchev–Trinajstić information content (AvgIpc) is 2.72. The van der Waals surface area contributed by atoms with Crippen molar-refractivity contribution in [3.05, 3.63) is 46.8 Å². The standard InChI is InChI=1S/C13H13NO4/c1-8-3-4-11(12(15)5-8)13(16)17-7-10-6-9(2)18-14-10/h3-6,15H,7H2,1-2H3. The molecule has 0 aliphatic carbocycles. The molecule has 5 heteroatoms. The molecule has 1 heterocycles. The van der Waals surface area contributed by atoms with Gasteiger partial charge in [-0.1, -0.05) is 11.2 Å². The first-order valence-corrected chi connectivity index (χ1v) is 5.45. The van der Waals surface area contributed by atoms with E-state index in [0.717, 1.165) is 5.56 Å². The summed E-state index contributed by atoms with van der Waals surface area (Å²) >= 11 is 0. The van der Waals surface area contributed by atoms with Crippen LogP contribution in [-0.2, 0) is 11.3 Å². The van der Waals surface area contributed by atoms with E-state index in [1.165, 1.54) is 12.1 Å². The van der Waals surface area contributed by atoms with Crippen molar-refractivity contribution in [2.45, 2.75) is 20.5 Å². The van der Waals surface area contributed by atoms with Crippen LogP contribution in [0.15, 0.2) is 28.8 Å². The molecule has 1 N–H and O–H groups in total. The number of carbonyl (C=O) groups excluding carboxylic acids is 1. The Morgan fingerprint density at radius 1 is 1.39 bits per heavy atom. The summed E-state index contributed by atoms with van der Waals surface area (Å²) < 4.78 is 9.88. The predicted molar refractivity (Wildman–Crippen MR) is 63.2 cm³/mol. The number of benzene rings is 1. The predicted octanol–water partition coefficient (Wildman–Crippen LogP) is 2.35. The van der Waals surface area contributed by atoms with Gasteiger partial charge in [-0.25, -0.2) is 4.79 Å². The largest absolute Gasteiger partial charge is 0.507 e. The average molecular weight is 247 g/mol. The molecule has 5 nitrogen and oxygen atoms in total. The zero-order valence-electron chi connectivity index (χ0n) is 10.1. The number of rotatable bonds is 3. The Labute approximate surface area is 104 Å². The molecule has 0 aliphatic heterocycles. The number of ether oxygens (including phenoxy) is 1. The monoisotopic (exact) mass is 247 g/mol. The highest BCUT2D eigenvalue weighted by atomic mass is 16.5. The summed E-state index contributed by atoms with van der Waals surface area (Å²) in [5.41, 5.74) is 1.55. The lowest BCUT2D eigenvalue weighted by Crippen LogP contribution is -2.05. The van der Waals surface area contributed by atoms with Crippen molar-refractivity contribution in [1.82, 2.24) is 5.16 Å². The van der Waals surface area contributed by atoms with Gasteiger partial charge in [-0.05, 0) is 31.5 Å². The van der Waals surface area contributed by atoms with E-state index < -0.39 is 5.97 Å². The van der Waals surface area contributed by atoms with Gasteiger partial charge in [0, 0.05) is 6.07 Å². The number of aromatic hydroxyl groups is 1. The van der Waals surface area contributed by atoms with Gasteiger partial charge in [0.05, 0.1) is 0 Å². The molecule has 0 fully saturated rings. The Morgan fingerprint density at radius 3 is 2.78 bits per heavy atom. The number of aromatic nitrogens is 1. The Kier molecular flexibility index (Phi) is 3.32. The summed E-state index contributed by atoms with van der Waals surface area (Å²) in [6.07, 6.45) is 0. The fraction of sp³-hybridized carbons (Fsp3) is 0.231. The van der Waals surface area contributed by atoms with E-state index in [0.29, 0.717) is 11.5 Å². The van der Waals surface area contributed by atoms with Crippen LogP contribution in [0.25, 0.3) is 0 Å². The summed E-state index contributed by atoms with van der Waals surface area (Å²) in [6, 6.07) is 6.46. The first-order chi connectivity index (χ1) is 8.56. The molecule has 2 rings (SSSR count). The molecule has 94 valence electrons. The lowest BCUT2D eigenvalue weighted by molar-refractivity contribution is 0.0461. The molecule has 1 aromatic carbocycles. The van der Waals surface area contributed by atoms with E-state index in [1.54, 1.807) is 19.1 Å². The molecular weight excluding hydrogens is 234 g/mol. The number of phenols is 1. The smallest absolute Gasteiger partial charge is 0.342 e. The highest BCUT2D eigenvalue weighted by Crippen LogP contribution is 2.19. The van der Waals surface area contributed by atoms with Gasteiger partial charge in [-0.2, -0.15) is 0 Å². The van der Waals surface area contributed by atoms with Gasteiger partial charge in [0.25, 0.3) is 0 Å². The molecule has 0 saturated heterocycles. The van der Waals surface area contributed by atoms with Crippen molar-refractivity contribution in [1.29, 1.82) is 0 Å². The van der Waals surface area contributed by atoms with Crippen LogP contribution in [0.1, 0.15) is 27.4 Å². The molecular formula is C13H13NO4. The molecule has 0 aliphatic rings. The lowest BCUT2D eigenvalue weighted by atomic mass is 10.1. The summed E-state index contributed by atoms with van der Waals surface area (Å²) in [4.78, 5) is 11.7. The SMILES string of the molecule is Cc1ccc(C(=O)OCc2cc(C)on2)c(O)c1. The van der Waals surface area contributed by atoms with Crippen LogP contribution >= 0.6 is 0 Å². The second-order valence-electron chi connectivity index (χ2n) is 4.03. The van der Waals surface area contributed by atoms with E-state index in [2.05, 4.69) is 5.16 Å². The maximum Gasteiger partial charge on any atom is 0.342 e. The molecule has 1 aromatic heterocycles. The van der Waals surface area contributed by atoms with Crippen LogP contribution in [0.4, 0.5) is 0 Å². The summed E-state index contributed by atoms with van der Waals surface area (Å²) in [7, 11) is 0. The molecule has 0 amide bonds. The quantitative estimate of drug-likeness (QED) is 0.843. The third-order valence-corrected chi connectivity index (χ3v) is 2.40. The molecule has 0 saturated carbocycles. The minimum Gasteiger partial charge on any atom is -0.507 e. The molecule has 2 aromatic rings. The first-order valence-electron chi connectivity index (χ1n) is 5.45. The number of carbonyl (C=O) groups is 1. The van der Waals surface area contributed by atoms with Crippen LogP contribution in [0, 0.1) is 13.8 Å². The normalized spacial score (nSPS) is 10.3. The maximum absolute atomic E-state index is 11.7. The van der Waals surface area contributed by atoms with Gasteiger partial charge in [0.2, 0.25) is 0 Å². The van der Waals surface area contributed by atoms with E-state index in [-0.39, 0.29) is 17.9 Å². The van der Waals surface area contributed by atoms with Gasteiger partial charge >= 0.3 is 5.97 Å². The topological polar surface area (TPSA) is 72.6 Å². The van der Waals surface area contributed by atoms with Crippen LogP contribution in [-0.4, -0.2) is 16.2 Å². The zero-order chi connectivity index (χ0) is 13.1. The van der Waals surface area contributed by atoms with Crippen LogP contribution in [0.5, 0.6) is 5.75 Å². The number of phenolic OH excluding ortho intramolecular Hbond substituents is 1. The van der Waals surface area contributed by atoms with Crippen molar-refractivity contribution in [3.63, 3.8) is 0 Å². The number of hydrogen-bond acceptors (Lipinski definition) is 5. The van der Waals surface area contributed by atoms with Gasteiger partial charge in [0.1, 0.15) is 29.4 Å². The second-order valence-corrected chi connectivity index (χ2v) is 4.03. The van der Waals surface area contributed by atoms with E-state index in [4.69, 9.17) is 9.26 Å². The lowest BCUT2D eigenvalue weighted by Gasteiger charge is -2.05. The van der Waals surface area contributed by atoms with Gasteiger partial charge in [0.15, 0.2) is 0 Å². The van der Waals surface area contributed by atoms with Crippen LogP contribution in [0.3, 0.4) is 0 Å². The minimum absolute atomic E-state index is 0.0174. The van der Waals surface area contributed by atoms with Crippen molar-refractivity contribution >= 4 is 5.97 Å². The van der Waals surface area contributed by atoms with E-state index in [9.17, 15) is 9.90 Å². The molecule has 0 unspecified atom stereocenters. The third kappa shape index (κ3) is 2.68. The summed E-state index contributed by atoms with van der Waals surface area (Å²) in [5.74, 6) is -0.0243. The fourth-order valence-corrected chi connectivity index (χ4v) is 1.52. The maximum atomic E-state index is 11.7. The number of esters is 1. The Hall–Kier alpha value is -2.30.